The van der Waals surface area contributed by atoms with Gasteiger partial charge in [-0.15, -0.1) is 0 Å². The maximum Gasteiger partial charge on any atom is 0.339 e. The fraction of sp³-hybridized carbons (Fsp3) is 0.294. The minimum absolute atomic E-state index is 0.0971. The molecular formula is C17H19BrN6O2. The molecule has 26 heavy (non-hydrogen) atoms. The van der Waals surface area contributed by atoms with E-state index in [0.717, 1.165) is 21.0 Å². The predicted octanol–water partition coefficient (Wildman–Crippen LogP) is 2.30. The van der Waals surface area contributed by atoms with Gasteiger partial charge in [-0.05, 0) is 24.1 Å². The SMILES string of the molecule is CCCN(C)C(=O)n1c(=O)n(Cc2ccc(Br)cc2)c2ncnc(N)c21. The molecule has 8 nitrogen and oxygen atoms in total. The maximum absolute atomic E-state index is 13.0. The van der Waals surface area contributed by atoms with Crippen LogP contribution in [0.25, 0.3) is 11.2 Å². The second kappa shape index (κ2) is 7.28. The minimum atomic E-state index is -0.483. The third kappa shape index (κ3) is 3.22. The normalized spacial score (nSPS) is 11.0. The van der Waals surface area contributed by atoms with Crippen molar-refractivity contribution in [3.05, 3.63) is 51.1 Å². The summed E-state index contributed by atoms with van der Waals surface area (Å²) in [6, 6.07) is 7.13. The van der Waals surface area contributed by atoms with Gasteiger partial charge in [-0.3, -0.25) is 4.57 Å². The maximum atomic E-state index is 13.0. The number of hydrogen-bond donors (Lipinski definition) is 1. The molecular weight excluding hydrogens is 400 g/mol. The van der Waals surface area contributed by atoms with Crippen molar-refractivity contribution >= 4 is 38.9 Å². The van der Waals surface area contributed by atoms with E-state index in [9.17, 15) is 9.59 Å². The standard InChI is InChI=1S/C17H19BrN6O2/c1-3-8-22(2)16(25)24-13-14(19)20-10-21-15(13)23(17(24)26)9-11-4-6-12(18)7-5-11/h4-7,10H,3,8-9H2,1-2H3,(H2,19,20,21). The molecule has 0 saturated heterocycles. The number of imidazole rings is 1. The van der Waals surface area contributed by atoms with Crippen LogP contribution in [0.2, 0.25) is 0 Å². The zero-order valence-electron chi connectivity index (χ0n) is 14.5. The Morgan fingerprint density at radius 3 is 2.62 bits per heavy atom. The molecule has 0 saturated carbocycles. The molecule has 9 heteroatoms. The number of carbonyl (C=O) groups excluding carboxylic acids is 1. The summed E-state index contributed by atoms with van der Waals surface area (Å²) in [6.07, 6.45) is 2.07. The van der Waals surface area contributed by atoms with Crippen LogP contribution >= 0.6 is 15.9 Å². The van der Waals surface area contributed by atoms with E-state index >= 15 is 0 Å². The quantitative estimate of drug-likeness (QED) is 0.700. The average Bonchev–Trinajstić information content (AvgIpc) is 2.90. The number of anilines is 1. The fourth-order valence-electron chi connectivity index (χ4n) is 2.80. The van der Waals surface area contributed by atoms with Gasteiger partial charge in [-0.1, -0.05) is 35.0 Å². The Labute approximate surface area is 158 Å². The number of nitrogen functional groups attached to an aromatic ring is 1. The molecule has 0 aliphatic rings. The van der Waals surface area contributed by atoms with E-state index in [0.29, 0.717) is 12.2 Å². The van der Waals surface area contributed by atoms with Crippen molar-refractivity contribution in [3.63, 3.8) is 0 Å². The Bertz CT molecular complexity index is 1010. The van der Waals surface area contributed by atoms with E-state index in [1.807, 2.05) is 31.2 Å². The van der Waals surface area contributed by atoms with Gasteiger partial charge in [0.1, 0.15) is 11.8 Å². The van der Waals surface area contributed by atoms with E-state index in [1.54, 1.807) is 7.05 Å². The number of fused-ring (bicyclic) bond motifs is 1. The first-order valence-electron chi connectivity index (χ1n) is 8.15. The largest absolute Gasteiger partial charge is 0.382 e. The van der Waals surface area contributed by atoms with Gasteiger partial charge in [0.15, 0.2) is 11.5 Å². The van der Waals surface area contributed by atoms with E-state index in [4.69, 9.17) is 5.73 Å². The van der Waals surface area contributed by atoms with Gasteiger partial charge in [-0.2, -0.15) is 0 Å². The number of amides is 1. The van der Waals surface area contributed by atoms with E-state index in [2.05, 4.69) is 25.9 Å². The molecule has 3 aromatic rings. The Hall–Kier alpha value is -2.68. The molecule has 0 aliphatic heterocycles. The van der Waals surface area contributed by atoms with E-state index < -0.39 is 11.7 Å². The van der Waals surface area contributed by atoms with E-state index in [-0.39, 0.29) is 17.9 Å². The molecule has 1 aromatic carbocycles. The van der Waals surface area contributed by atoms with Gasteiger partial charge in [0.05, 0.1) is 6.54 Å². The molecule has 0 aliphatic carbocycles. The highest BCUT2D eigenvalue weighted by molar-refractivity contribution is 9.10. The van der Waals surface area contributed by atoms with Gasteiger partial charge in [-0.25, -0.2) is 24.1 Å². The Balaban J connectivity index is 2.17. The summed E-state index contributed by atoms with van der Waals surface area (Å²) in [5.41, 5.74) is 6.96. The highest BCUT2D eigenvalue weighted by atomic mass is 79.9. The molecule has 0 atom stereocenters. The first-order chi connectivity index (χ1) is 12.4. The van der Waals surface area contributed by atoms with Crippen molar-refractivity contribution < 1.29 is 4.79 Å². The average molecular weight is 419 g/mol. The summed E-state index contributed by atoms with van der Waals surface area (Å²) in [4.78, 5) is 35.4. The molecule has 0 spiro atoms. The van der Waals surface area contributed by atoms with Gasteiger partial charge in [0.2, 0.25) is 0 Å². The lowest BCUT2D eigenvalue weighted by Crippen LogP contribution is -2.38. The van der Waals surface area contributed by atoms with Crippen LogP contribution in [0.4, 0.5) is 10.6 Å². The highest BCUT2D eigenvalue weighted by Gasteiger charge is 2.24. The number of nitrogens with zero attached hydrogens (tertiary/aromatic N) is 5. The van der Waals surface area contributed by atoms with Crippen molar-refractivity contribution in [2.24, 2.45) is 0 Å². The topological polar surface area (TPSA) is 99.0 Å². The summed E-state index contributed by atoms with van der Waals surface area (Å²) in [5.74, 6) is 0.0971. The Morgan fingerprint density at radius 2 is 1.96 bits per heavy atom. The molecule has 2 aromatic heterocycles. The first-order valence-corrected chi connectivity index (χ1v) is 8.95. The van der Waals surface area contributed by atoms with Crippen LogP contribution in [0.5, 0.6) is 0 Å². The fourth-order valence-corrected chi connectivity index (χ4v) is 3.06. The highest BCUT2D eigenvalue weighted by Crippen LogP contribution is 2.18. The predicted molar refractivity (Wildman–Crippen MR) is 103 cm³/mol. The van der Waals surface area contributed by atoms with E-state index in [1.165, 1.54) is 15.8 Å². The third-order valence-corrected chi connectivity index (χ3v) is 4.59. The van der Waals surface area contributed by atoms with Crippen LogP contribution in [-0.4, -0.2) is 43.6 Å². The van der Waals surface area contributed by atoms with Crippen molar-refractivity contribution in [2.75, 3.05) is 19.3 Å². The Kier molecular flexibility index (Phi) is 5.08. The molecule has 1 amide bonds. The van der Waals surface area contributed by atoms with Gasteiger partial charge < -0.3 is 10.6 Å². The second-order valence-corrected chi connectivity index (χ2v) is 6.88. The lowest BCUT2D eigenvalue weighted by molar-refractivity contribution is 0.210. The molecule has 0 bridgehead atoms. The number of rotatable bonds is 4. The summed E-state index contributed by atoms with van der Waals surface area (Å²) in [7, 11) is 1.65. The first kappa shape index (κ1) is 18.1. The molecule has 2 heterocycles. The second-order valence-electron chi connectivity index (χ2n) is 5.97. The summed E-state index contributed by atoms with van der Waals surface area (Å²) < 4.78 is 3.44. The van der Waals surface area contributed by atoms with Crippen molar-refractivity contribution in [1.29, 1.82) is 0 Å². The zero-order chi connectivity index (χ0) is 18.8. The van der Waals surface area contributed by atoms with Crippen molar-refractivity contribution in [3.8, 4) is 0 Å². The molecule has 136 valence electrons. The lowest BCUT2D eigenvalue weighted by atomic mass is 10.2. The summed E-state index contributed by atoms with van der Waals surface area (Å²) in [5, 5.41) is 0. The number of hydrogen-bond acceptors (Lipinski definition) is 5. The number of benzene rings is 1. The smallest absolute Gasteiger partial charge is 0.339 e. The van der Waals surface area contributed by atoms with Crippen LogP contribution in [0.1, 0.15) is 18.9 Å². The summed E-state index contributed by atoms with van der Waals surface area (Å²) >= 11 is 3.39. The van der Waals surface area contributed by atoms with Crippen LogP contribution < -0.4 is 11.4 Å². The van der Waals surface area contributed by atoms with Crippen LogP contribution in [0, 0.1) is 0 Å². The third-order valence-electron chi connectivity index (χ3n) is 4.06. The van der Waals surface area contributed by atoms with Gasteiger partial charge in [0.25, 0.3) is 0 Å². The van der Waals surface area contributed by atoms with Crippen molar-refractivity contribution in [1.82, 2.24) is 24.0 Å². The lowest BCUT2D eigenvalue weighted by Gasteiger charge is -2.16. The number of nitrogens with two attached hydrogens (primary N) is 1. The minimum Gasteiger partial charge on any atom is -0.382 e. The zero-order valence-corrected chi connectivity index (χ0v) is 16.1. The Morgan fingerprint density at radius 1 is 1.27 bits per heavy atom. The summed E-state index contributed by atoms with van der Waals surface area (Å²) in [6.45, 7) is 2.76. The van der Waals surface area contributed by atoms with Crippen LogP contribution in [0.3, 0.4) is 0 Å². The number of carbonyl (C=O) groups is 1. The van der Waals surface area contributed by atoms with Gasteiger partial charge in [0, 0.05) is 18.1 Å². The van der Waals surface area contributed by atoms with Gasteiger partial charge >= 0.3 is 11.7 Å². The molecule has 0 fully saturated rings. The van der Waals surface area contributed by atoms with Crippen LogP contribution in [-0.2, 0) is 6.54 Å². The monoisotopic (exact) mass is 418 g/mol. The number of aromatic nitrogens is 4. The van der Waals surface area contributed by atoms with Crippen LogP contribution in [0.15, 0.2) is 39.9 Å². The number of halogens is 1. The molecule has 3 rings (SSSR count). The van der Waals surface area contributed by atoms with Crippen molar-refractivity contribution in [2.45, 2.75) is 19.9 Å². The molecule has 2 N–H and O–H groups in total. The molecule has 0 radical (unpaired) electrons. The molecule has 0 unspecified atom stereocenters.